The molecule has 39 heavy (non-hydrogen) atoms. The van der Waals surface area contributed by atoms with E-state index in [-0.39, 0.29) is 23.0 Å². The first-order valence-corrected chi connectivity index (χ1v) is 13.1. The molecule has 4 aromatic rings. The molecule has 202 valence electrons. The van der Waals surface area contributed by atoms with Gasteiger partial charge in [0.15, 0.2) is 11.5 Å². The van der Waals surface area contributed by atoms with Crippen molar-refractivity contribution < 1.29 is 28.8 Å². The second-order valence-corrected chi connectivity index (χ2v) is 10.9. The average Bonchev–Trinajstić information content (AvgIpc) is 3.49. The van der Waals surface area contributed by atoms with Crippen LogP contribution in [0.5, 0.6) is 17.2 Å². The van der Waals surface area contributed by atoms with Crippen LogP contribution in [0.1, 0.15) is 43.0 Å². The van der Waals surface area contributed by atoms with Crippen molar-refractivity contribution in [1.82, 2.24) is 8.75 Å². The normalized spacial score (nSPS) is 17.5. The van der Waals surface area contributed by atoms with Gasteiger partial charge in [-0.1, -0.05) is 51.1 Å². The maximum absolute atomic E-state index is 13.5. The van der Waals surface area contributed by atoms with Crippen LogP contribution in [-0.2, 0) is 27.2 Å². The molecule has 1 N–H and O–H groups in total. The number of aromatic nitrogens is 2. The van der Waals surface area contributed by atoms with E-state index in [1.165, 1.54) is 26.9 Å². The summed E-state index contributed by atoms with van der Waals surface area (Å²) in [5, 5.41) is 12.2. The second kappa shape index (κ2) is 9.98. The van der Waals surface area contributed by atoms with E-state index in [2.05, 4.69) is 41.7 Å². The molecule has 1 aromatic heterocycles. The number of ether oxygens (including phenoxy) is 4. The van der Waals surface area contributed by atoms with Crippen molar-refractivity contribution in [3.8, 4) is 17.2 Å². The zero-order valence-electron chi connectivity index (χ0n) is 22.7. The van der Waals surface area contributed by atoms with Gasteiger partial charge in [0.1, 0.15) is 11.0 Å². The molecular weight excluding hydrogens is 516 g/mol. The van der Waals surface area contributed by atoms with E-state index in [1.807, 2.05) is 12.1 Å². The lowest BCUT2D eigenvalue weighted by molar-refractivity contribution is -0.185. The SMILES string of the molecule is COc1cc(C2(O)OC(=O)C(c3ccc4nsnc4c3)=C2Cc2ccc(C(C)(C)C)cc2)cc(OC)c1OC. The third kappa shape index (κ3) is 4.72. The quantitative estimate of drug-likeness (QED) is 0.307. The van der Waals surface area contributed by atoms with E-state index in [0.29, 0.717) is 33.9 Å². The number of hydrogen-bond donors (Lipinski definition) is 1. The van der Waals surface area contributed by atoms with Crippen molar-refractivity contribution in [3.63, 3.8) is 0 Å². The van der Waals surface area contributed by atoms with Crippen LogP contribution < -0.4 is 14.2 Å². The van der Waals surface area contributed by atoms with E-state index in [9.17, 15) is 9.90 Å². The number of cyclic esters (lactones) is 1. The molecule has 0 bridgehead atoms. The van der Waals surface area contributed by atoms with Gasteiger partial charge in [0.25, 0.3) is 5.79 Å². The summed E-state index contributed by atoms with van der Waals surface area (Å²) in [5.41, 5.74) is 5.02. The Labute approximate surface area is 231 Å². The van der Waals surface area contributed by atoms with E-state index in [1.54, 1.807) is 30.3 Å². The first-order chi connectivity index (χ1) is 18.6. The summed E-state index contributed by atoms with van der Waals surface area (Å²) in [6, 6.07) is 16.7. The standard InChI is InChI=1S/C30H30N2O6S/c1-29(2,3)19-10-7-17(8-11-19)13-21-26(18-9-12-22-23(14-18)32-39-31-22)28(33)38-30(21,34)20-15-24(35-4)27(37-6)25(16-20)36-5/h7-12,14-16,34H,13H2,1-6H3. The molecule has 0 saturated carbocycles. The molecule has 0 amide bonds. The third-order valence-corrected chi connectivity index (χ3v) is 7.51. The molecule has 5 rings (SSSR count). The van der Waals surface area contributed by atoms with Crippen molar-refractivity contribution in [2.45, 2.75) is 38.4 Å². The van der Waals surface area contributed by atoms with Gasteiger partial charge in [-0.3, -0.25) is 0 Å². The van der Waals surface area contributed by atoms with Gasteiger partial charge in [-0.05, 0) is 46.4 Å². The summed E-state index contributed by atoms with van der Waals surface area (Å²) >= 11 is 1.10. The molecular formula is C30H30N2O6S. The molecule has 0 saturated heterocycles. The van der Waals surface area contributed by atoms with Gasteiger partial charge in [-0.25, -0.2) is 4.79 Å². The van der Waals surface area contributed by atoms with E-state index < -0.39 is 11.8 Å². The molecule has 2 heterocycles. The molecule has 0 radical (unpaired) electrons. The van der Waals surface area contributed by atoms with Crippen LogP contribution >= 0.6 is 11.7 Å². The van der Waals surface area contributed by atoms with Crippen LogP contribution in [0.15, 0.2) is 60.2 Å². The van der Waals surface area contributed by atoms with E-state index in [0.717, 1.165) is 22.8 Å². The summed E-state index contributed by atoms with van der Waals surface area (Å²) in [6.45, 7) is 6.45. The zero-order chi connectivity index (χ0) is 27.9. The highest BCUT2D eigenvalue weighted by Gasteiger charge is 2.49. The molecule has 3 aromatic carbocycles. The fourth-order valence-corrected chi connectivity index (χ4v) is 5.33. The fourth-order valence-electron chi connectivity index (χ4n) is 4.81. The smallest absolute Gasteiger partial charge is 0.342 e. The largest absolute Gasteiger partial charge is 0.493 e. The minimum Gasteiger partial charge on any atom is -0.493 e. The molecule has 1 aliphatic rings. The predicted octanol–water partition coefficient (Wildman–Crippen LogP) is 5.41. The summed E-state index contributed by atoms with van der Waals surface area (Å²) in [7, 11) is 4.47. The van der Waals surface area contributed by atoms with Gasteiger partial charge in [-0.15, -0.1) is 0 Å². The number of carbonyl (C=O) groups excluding carboxylic acids is 1. The summed E-state index contributed by atoms with van der Waals surface area (Å²) in [6.07, 6.45) is 0.256. The van der Waals surface area contributed by atoms with Crippen LogP contribution in [0.2, 0.25) is 0 Å². The number of aliphatic hydroxyl groups is 1. The van der Waals surface area contributed by atoms with Crippen molar-refractivity contribution >= 4 is 34.3 Å². The summed E-state index contributed by atoms with van der Waals surface area (Å²) in [5.74, 6) is -1.71. The molecule has 1 atom stereocenters. The van der Waals surface area contributed by atoms with Gasteiger partial charge in [0, 0.05) is 17.6 Å². The molecule has 0 aliphatic carbocycles. The Hall–Kier alpha value is -3.95. The lowest BCUT2D eigenvalue weighted by atomic mass is 9.84. The number of benzene rings is 3. The molecule has 1 unspecified atom stereocenters. The first kappa shape index (κ1) is 26.6. The number of carbonyl (C=O) groups is 1. The average molecular weight is 547 g/mol. The number of esters is 1. The van der Waals surface area contributed by atoms with Crippen molar-refractivity contribution in [3.05, 3.63) is 82.4 Å². The van der Waals surface area contributed by atoms with Gasteiger partial charge >= 0.3 is 5.97 Å². The Morgan fingerprint density at radius 3 is 2.13 bits per heavy atom. The highest BCUT2D eigenvalue weighted by atomic mass is 32.1. The molecule has 1 aliphatic heterocycles. The Bertz CT molecular complexity index is 1560. The number of methoxy groups -OCH3 is 3. The Kier molecular flexibility index (Phi) is 6.82. The fraction of sp³-hybridized carbons (Fsp3) is 0.300. The van der Waals surface area contributed by atoms with Crippen LogP contribution in [-0.4, -0.2) is 41.2 Å². The van der Waals surface area contributed by atoms with Crippen LogP contribution in [0, 0.1) is 0 Å². The van der Waals surface area contributed by atoms with Crippen LogP contribution in [0.3, 0.4) is 0 Å². The molecule has 9 heteroatoms. The number of nitrogens with zero attached hydrogens (tertiary/aromatic N) is 2. The number of hydrogen-bond acceptors (Lipinski definition) is 9. The monoisotopic (exact) mass is 546 g/mol. The van der Waals surface area contributed by atoms with Crippen molar-refractivity contribution in [1.29, 1.82) is 0 Å². The Morgan fingerprint density at radius 1 is 0.897 bits per heavy atom. The Morgan fingerprint density at radius 2 is 1.54 bits per heavy atom. The van der Waals surface area contributed by atoms with Gasteiger partial charge < -0.3 is 24.1 Å². The first-order valence-electron chi connectivity index (χ1n) is 12.4. The maximum atomic E-state index is 13.5. The maximum Gasteiger partial charge on any atom is 0.342 e. The lowest BCUT2D eigenvalue weighted by Crippen LogP contribution is -2.30. The van der Waals surface area contributed by atoms with Crippen LogP contribution in [0.4, 0.5) is 0 Å². The number of rotatable bonds is 7. The van der Waals surface area contributed by atoms with Gasteiger partial charge in [-0.2, -0.15) is 8.75 Å². The summed E-state index contributed by atoms with van der Waals surface area (Å²) < 4.78 is 30.8. The Balaban J connectivity index is 1.70. The van der Waals surface area contributed by atoms with Crippen molar-refractivity contribution in [2.24, 2.45) is 0 Å². The minimum absolute atomic E-state index is 0.0106. The molecule has 0 fully saturated rings. The van der Waals surface area contributed by atoms with Crippen molar-refractivity contribution in [2.75, 3.05) is 21.3 Å². The highest BCUT2D eigenvalue weighted by Crippen LogP contribution is 2.49. The highest BCUT2D eigenvalue weighted by molar-refractivity contribution is 7.00. The molecule has 0 spiro atoms. The van der Waals surface area contributed by atoms with Gasteiger partial charge in [0.05, 0.1) is 38.6 Å². The third-order valence-electron chi connectivity index (χ3n) is 6.95. The predicted molar refractivity (Wildman–Crippen MR) is 149 cm³/mol. The topological polar surface area (TPSA) is 100 Å². The van der Waals surface area contributed by atoms with Gasteiger partial charge in [0.2, 0.25) is 5.75 Å². The molecule has 8 nitrogen and oxygen atoms in total. The second-order valence-electron chi connectivity index (χ2n) is 10.4. The number of fused-ring (bicyclic) bond motifs is 1. The van der Waals surface area contributed by atoms with E-state index in [4.69, 9.17) is 18.9 Å². The van der Waals surface area contributed by atoms with E-state index >= 15 is 0 Å². The lowest BCUT2D eigenvalue weighted by Gasteiger charge is -2.27. The zero-order valence-corrected chi connectivity index (χ0v) is 23.5. The van der Waals surface area contributed by atoms with Crippen LogP contribution in [0.25, 0.3) is 16.6 Å². The summed E-state index contributed by atoms with van der Waals surface area (Å²) in [4.78, 5) is 13.5. The minimum atomic E-state index is -2.09.